The second-order valence-electron chi connectivity index (χ2n) is 4.52. The van der Waals surface area contributed by atoms with E-state index in [-0.39, 0.29) is 18.0 Å². The van der Waals surface area contributed by atoms with Gasteiger partial charge in [0.05, 0.1) is 29.0 Å². The lowest BCUT2D eigenvalue weighted by Crippen LogP contribution is -2.23. The highest BCUT2D eigenvalue weighted by Gasteiger charge is 2.16. The number of rotatable bonds is 5. The molecule has 0 spiro atoms. The molecule has 1 amide bonds. The van der Waals surface area contributed by atoms with E-state index in [1.54, 1.807) is 12.1 Å². The standard InChI is InChI=1S/C15H15ClN2O4S/c1-21-11-6-8(15(20)22-2)5-10(17)9(11)7-18-14(19)12-3-4-13(16)23-12/h3-6H,7,17H2,1-2H3,(H,18,19). The fraction of sp³-hybridized carbons (Fsp3) is 0.200. The maximum Gasteiger partial charge on any atom is 0.338 e. The minimum absolute atomic E-state index is 0.158. The fourth-order valence-corrected chi connectivity index (χ4v) is 2.93. The van der Waals surface area contributed by atoms with E-state index in [0.29, 0.717) is 26.2 Å². The van der Waals surface area contributed by atoms with Gasteiger partial charge in [-0.25, -0.2) is 4.79 Å². The normalized spacial score (nSPS) is 10.2. The van der Waals surface area contributed by atoms with Gasteiger partial charge in [-0.15, -0.1) is 11.3 Å². The molecule has 0 unspecified atom stereocenters. The molecule has 6 nitrogen and oxygen atoms in total. The van der Waals surface area contributed by atoms with Gasteiger partial charge >= 0.3 is 5.97 Å². The van der Waals surface area contributed by atoms with Crippen molar-refractivity contribution in [2.24, 2.45) is 0 Å². The summed E-state index contributed by atoms with van der Waals surface area (Å²) in [5.41, 5.74) is 7.15. The van der Waals surface area contributed by atoms with Gasteiger partial charge in [-0.2, -0.15) is 0 Å². The summed E-state index contributed by atoms with van der Waals surface area (Å²) in [6, 6.07) is 6.30. The molecule has 0 radical (unpaired) electrons. The predicted molar refractivity (Wildman–Crippen MR) is 89.2 cm³/mol. The summed E-state index contributed by atoms with van der Waals surface area (Å²) in [5, 5.41) is 2.74. The van der Waals surface area contributed by atoms with Crippen LogP contribution in [0.4, 0.5) is 5.69 Å². The van der Waals surface area contributed by atoms with Crippen LogP contribution in [0.3, 0.4) is 0 Å². The number of methoxy groups -OCH3 is 2. The summed E-state index contributed by atoms with van der Waals surface area (Å²) in [7, 11) is 2.74. The zero-order chi connectivity index (χ0) is 17.0. The maximum atomic E-state index is 12.0. The molecular formula is C15H15ClN2O4S. The van der Waals surface area contributed by atoms with Crippen molar-refractivity contribution in [1.82, 2.24) is 5.32 Å². The largest absolute Gasteiger partial charge is 0.496 e. The quantitative estimate of drug-likeness (QED) is 0.636. The summed E-state index contributed by atoms with van der Waals surface area (Å²) >= 11 is 6.99. The molecule has 0 fully saturated rings. The van der Waals surface area contributed by atoms with E-state index in [0.717, 1.165) is 0 Å². The fourth-order valence-electron chi connectivity index (χ4n) is 1.97. The van der Waals surface area contributed by atoms with E-state index in [4.69, 9.17) is 22.1 Å². The molecule has 2 rings (SSSR count). The van der Waals surface area contributed by atoms with Crippen LogP contribution < -0.4 is 15.8 Å². The number of hydrogen-bond donors (Lipinski definition) is 2. The van der Waals surface area contributed by atoms with Gasteiger partial charge in [0, 0.05) is 17.8 Å². The summed E-state index contributed by atoms with van der Waals surface area (Å²) in [6.45, 7) is 0.158. The topological polar surface area (TPSA) is 90.6 Å². The van der Waals surface area contributed by atoms with Crippen molar-refractivity contribution in [3.63, 3.8) is 0 Å². The van der Waals surface area contributed by atoms with Crippen LogP contribution in [0.25, 0.3) is 0 Å². The molecule has 8 heteroatoms. The van der Waals surface area contributed by atoms with Crippen LogP contribution in [0, 0.1) is 0 Å². The first-order valence-electron chi connectivity index (χ1n) is 6.54. The summed E-state index contributed by atoms with van der Waals surface area (Å²) in [5.74, 6) is -0.380. The molecule has 0 aliphatic heterocycles. The number of thiophene rings is 1. The van der Waals surface area contributed by atoms with Crippen LogP contribution in [-0.4, -0.2) is 26.1 Å². The first-order chi connectivity index (χ1) is 11.0. The highest BCUT2D eigenvalue weighted by atomic mass is 35.5. The number of anilines is 1. The van der Waals surface area contributed by atoms with Gasteiger partial charge in [0.1, 0.15) is 5.75 Å². The van der Waals surface area contributed by atoms with Crippen molar-refractivity contribution in [3.05, 3.63) is 44.6 Å². The minimum atomic E-state index is -0.515. The number of carbonyl (C=O) groups excluding carboxylic acids is 2. The molecule has 0 atom stereocenters. The van der Waals surface area contributed by atoms with Crippen molar-refractivity contribution in [2.75, 3.05) is 20.0 Å². The van der Waals surface area contributed by atoms with Gasteiger partial charge in [-0.1, -0.05) is 11.6 Å². The van der Waals surface area contributed by atoms with Crippen LogP contribution >= 0.6 is 22.9 Å². The van der Waals surface area contributed by atoms with E-state index >= 15 is 0 Å². The van der Waals surface area contributed by atoms with Crippen LogP contribution in [-0.2, 0) is 11.3 Å². The summed E-state index contributed by atoms with van der Waals surface area (Å²) in [6.07, 6.45) is 0. The Morgan fingerprint density at radius 2 is 2.04 bits per heavy atom. The highest BCUT2D eigenvalue weighted by molar-refractivity contribution is 7.17. The van der Waals surface area contributed by atoms with Crippen molar-refractivity contribution in [1.29, 1.82) is 0 Å². The molecule has 0 saturated carbocycles. The second kappa shape index (κ2) is 7.34. The number of ether oxygens (including phenoxy) is 2. The minimum Gasteiger partial charge on any atom is -0.496 e. The molecular weight excluding hydrogens is 340 g/mol. The number of hydrogen-bond acceptors (Lipinski definition) is 6. The molecule has 0 saturated heterocycles. The highest BCUT2D eigenvalue weighted by Crippen LogP contribution is 2.27. The Hall–Kier alpha value is -2.25. The Balaban J connectivity index is 2.19. The third-order valence-electron chi connectivity index (χ3n) is 3.11. The van der Waals surface area contributed by atoms with E-state index in [9.17, 15) is 9.59 Å². The molecule has 0 aliphatic carbocycles. The monoisotopic (exact) mass is 354 g/mol. The number of halogens is 1. The number of nitrogen functional groups attached to an aromatic ring is 1. The Morgan fingerprint density at radius 1 is 1.30 bits per heavy atom. The number of esters is 1. The number of carbonyl (C=O) groups is 2. The third-order valence-corrected chi connectivity index (χ3v) is 4.34. The lowest BCUT2D eigenvalue weighted by Gasteiger charge is -2.13. The molecule has 0 bridgehead atoms. The third kappa shape index (κ3) is 3.94. The zero-order valence-corrected chi connectivity index (χ0v) is 14.1. The van der Waals surface area contributed by atoms with E-state index < -0.39 is 5.97 Å². The lowest BCUT2D eigenvalue weighted by molar-refractivity contribution is 0.0600. The van der Waals surface area contributed by atoms with Crippen LogP contribution in [0.15, 0.2) is 24.3 Å². The molecule has 1 heterocycles. The van der Waals surface area contributed by atoms with Crippen molar-refractivity contribution in [3.8, 4) is 5.75 Å². The van der Waals surface area contributed by atoms with Gasteiger partial charge < -0.3 is 20.5 Å². The van der Waals surface area contributed by atoms with Gasteiger partial charge in [0.15, 0.2) is 0 Å². The number of amides is 1. The van der Waals surface area contributed by atoms with Crippen molar-refractivity contribution in [2.45, 2.75) is 6.54 Å². The Kier molecular flexibility index (Phi) is 5.46. The Labute approximate surface area is 142 Å². The van der Waals surface area contributed by atoms with Crippen molar-refractivity contribution < 1.29 is 19.1 Å². The summed E-state index contributed by atoms with van der Waals surface area (Å²) in [4.78, 5) is 24.1. The first-order valence-corrected chi connectivity index (χ1v) is 7.74. The van der Waals surface area contributed by atoms with E-state index in [1.165, 1.54) is 37.7 Å². The molecule has 122 valence electrons. The van der Waals surface area contributed by atoms with Crippen LogP contribution in [0.5, 0.6) is 5.75 Å². The van der Waals surface area contributed by atoms with E-state index in [2.05, 4.69) is 10.1 Å². The summed E-state index contributed by atoms with van der Waals surface area (Å²) < 4.78 is 10.4. The van der Waals surface area contributed by atoms with Crippen LogP contribution in [0.2, 0.25) is 4.34 Å². The molecule has 0 aliphatic rings. The second-order valence-corrected chi connectivity index (χ2v) is 6.24. The SMILES string of the molecule is COC(=O)c1cc(N)c(CNC(=O)c2ccc(Cl)s2)c(OC)c1. The number of benzene rings is 1. The average Bonchev–Trinajstić information content (AvgIpc) is 2.98. The zero-order valence-electron chi connectivity index (χ0n) is 12.5. The van der Waals surface area contributed by atoms with Gasteiger partial charge in [0.2, 0.25) is 0 Å². The molecule has 1 aromatic heterocycles. The van der Waals surface area contributed by atoms with Gasteiger partial charge in [-0.05, 0) is 24.3 Å². The Morgan fingerprint density at radius 3 is 2.61 bits per heavy atom. The lowest BCUT2D eigenvalue weighted by atomic mass is 10.1. The van der Waals surface area contributed by atoms with Crippen molar-refractivity contribution >= 4 is 40.5 Å². The number of nitrogens with two attached hydrogens (primary N) is 1. The maximum absolute atomic E-state index is 12.0. The predicted octanol–water partition coefficient (Wildman–Crippen LogP) is 2.71. The van der Waals surface area contributed by atoms with Gasteiger partial charge in [-0.3, -0.25) is 4.79 Å². The first kappa shape index (κ1) is 17.1. The number of nitrogens with one attached hydrogen (secondary N) is 1. The molecule has 2 aromatic rings. The molecule has 23 heavy (non-hydrogen) atoms. The smallest absolute Gasteiger partial charge is 0.338 e. The van der Waals surface area contributed by atoms with Crippen LogP contribution in [0.1, 0.15) is 25.6 Å². The van der Waals surface area contributed by atoms with Gasteiger partial charge in [0.25, 0.3) is 5.91 Å². The average molecular weight is 355 g/mol. The molecule has 3 N–H and O–H groups in total. The Bertz CT molecular complexity index is 745. The van der Waals surface area contributed by atoms with E-state index in [1.807, 2.05) is 0 Å². The molecule has 1 aromatic carbocycles.